The normalized spacial score (nSPS) is 17.5. The second-order valence-electron chi connectivity index (χ2n) is 4.78. The van der Waals surface area contributed by atoms with E-state index in [2.05, 4.69) is 0 Å². The Balaban J connectivity index is 2.08. The maximum atomic E-state index is 12.2. The first-order valence-electron chi connectivity index (χ1n) is 6.36. The predicted octanol–water partition coefficient (Wildman–Crippen LogP) is 0.0853. The standard InChI is InChI=1S/C12H16N2O6S/c1-21(18,19)14-6-2-5-13(7-8-14)11(15)9-3-4-10(20-9)12(16)17/h3-4H,2,5-8H2,1H3,(H,16,17). The van der Waals surface area contributed by atoms with Crippen LogP contribution < -0.4 is 0 Å². The van der Waals surface area contributed by atoms with Crippen molar-refractivity contribution in [2.24, 2.45) is 0 Å². The molecule has 0 atom stereocenters. The molecule has 1 fully saturated rings. The first-order valence-corrected chi connectivity index (χ1v) is 8.21. The summed E-state index contributed by atoms with van der Waals surface area (Å²) in [4.78, 5) is 24.4. The molecule has 2 heterocycles. The van der Waals surface area contributed by atoms with Crippen LogP contribution >= 0.6 is 0 Å². The third-order valence-electron chi connectivity index (χ3n) is 3.24. The fraction of sp³-hybridized carbons (Fsp3) is 0.500. The number of carboxylic acids is 1. The van der Waals surface area contributed by atoms with Crippen molar-refractivity contribution in [2.75, 3.05) is 32.4 Å². The quantitative estimate of drug-likeness (QED) is 0.846. The van der Waals surface area contributed by atoms with Crippen molar-refractivity contribution in [2.45, 2.75) is 6.42 Å². The first-order chi connectivity index (χ1) is 9.79. The molecular formula is C12H16N2O6S. The SMILES string of the molecule is CS(=O)(=O)N1CCCN(C(=O)c2ccc(C(=O)O)o2)CC1. The van der Waals surface area contributed by atoms with Gasteiger partial charge in [0.1, 0.15) is 0 Å². The van der Waals surface area contributed by atoms with Gasteiger partial charge in [-0.3, -0.25) is 4.79 Å². The van der Waals surface area contributed by atoms with E-state index in [0.717, 1.165) is 6.26 Å². The Kier molecular flexibility index (Phi) is 4.33. The fourth-order valence-corrected chi connectivity index (χ4v) is 3.03. The molecule has 0 radical (unpaired) electrons. The zero-order chi connectivity index (χ0) is 15.6. The molecular weight excluding hydrogens is 300 g/mol. The maximum absolute atomic E-state index is 12.2. The first kappa shape index (κ1) is 15.5. The summed E-state index contributed by atoms with van der Waals surface area (Å²) >= 11 is 0. The molecule has 0 unspecified atom stereocenters. The van der Waals surface area contributed by atoms with Crippen LogP contribution in [0.2, 0.25) is 0 Å². The largest absolute Gasteiger partial charge is 0.475 e. The lowest BCUT2D eigenvalue weighted by atomic mass is 10.3. The van der Waals surface area contributed by atoms with Gasteiger partial charge in [-0.15, -0.1) is 0 Å². The molecule has 0 bridgehead atoms. The Morgan fingerprint density at radius 1 is 1.14 bits per heavy atom. The van der Waals surface area contributed by atoms with Crippen molar-refractivity contribution in [1.29, 1.82) is 0 Å². The number of furan rings is 1. The average Bonchev–Trinajstić information content (AvgIpc) is 2.74. The van der Waals surface area contributed by atoms with Crippen molar-refractivity contribution < 1.29 is 27.5 Å². The van der Waals surface area contributed by atoms with Gasteiger partial charge < -0.3 is 14.4 Å². The van der Waals surface area contributed by atoms with Gasteiger partial charge in [0, 0.05) is 26.2 Å². The monoisotopic (exact) mass is 316 g/mol. The third-order valence-corrected chi connectivity index (χ3v) is 4.54. The highest BCUT2D eigenvalue weighted by Crippen LogP contribution is 2.14. The minimum atomic E-state index is -3.28. The second kappa shape index (κ2) is 5.86. The van der Waals surface area contributed by atoms with Gasteiger partial charge in [-0.1, -0.05) is 0 Å². The number of carbonyl (C=O) groups excluding carboxylic acids is 1. The van der Waals surface area contributed by atoms with Gasteiger partial charge in [-0.25, -0.2) is 17.5 Å². The molecule has 2 rings (SSSR count). The summed E-state index contributed by atoms with van der Waals surface area (Å²) in [6, 6.07) is 2.53. The van der Waals surface area contributed by atoms with E-state index in [1.807, 2.05) is 0 Å². The van der Waals surface area contributed by atoms with E-state index >= 15 is 0 Å². The summed E-state index contributed by atoms with van der Waals surface area (Å²) in [6.07, 6.45) is 1.65. The van der Waals surface area contributed by atoms with Gasteiger partial charge in [0.25, 0.3) is 5.91 Å². The van der Waals surface area contributed by atoms with Crippen LogP contribution in [0, 0.1) is 0 Å². The highest BCUT2D eigenvalue weighted by Gasteiger charge is 2.26. The Morgan fingerprint density at radius 3 is 2.38 bits per heavy atom. The van der Waals surface area contributed by atoms with Gasteiger partial charge in [-0.2, -0.15) is 0 Å². The van der Waals surface area contributed by atoms with E-state index in [1.54, 1.807) is 0 Å². The molecule has 0 spiro atoms. The number of amides is 1. The molecule has 9 heteroatoms. The molecule has 0 aliphatic carbocycles. The molecule has 1 N–H and O–H groups in total. The summed E-state index contributed by atoms with van der Waals surface area (Å²) in [6.45, 7) is 1.22. The Hall–Kier alpha value is -1.87. The molecule has 0 aromatic carbocycles. The van der Waals surface area contributed by atoms with Crippen LogP contribution in [0.4, 0.5) is 0 Å². The van der Waals surface area contributed by atoms with Crippen LogP contribution in [0.1, 0.15) is 27.5 Å². The molecule has 1 aromatic rings. The molecule has 1 aliphatic rings. The highest BCUT2D eigenvalue weighted by molar-refractivity contribution is 7.88. The van der Waals surface area contributed by atoms with Gasteiger partial charge in [0.2, 0.25) is 15.8 Å². The number of rotatable bonds is 3. The van der Waals surface area contributed by atoms with E-state index in [9.17, 15) is 18.0 Å². The summed E-state index contributed by atoms with van der Waals surface area (Å²) in [5, 5.41) is 8.77. The molecule has 21 heavy (non-hydrogen) atoms. The predicted molar refractivity (Wildman–Crippen MR) is 72.6 cm³/mol. The van der Waals surface area contributed by atoms with Crippen LogP contribution in [0.15, 0.2) is 16.5 Å². The lowest BCUT2D eigenvalue weighted by Crippen LogP contribution is -2.36. The molecule has 8 nitrogen and oxygen atoms in total. The summed E-state index contributed by atoms with van der Waals surface area (Å²) in [7, 11) is -3.28. The number of carbonyl (C=O) groups is 2. The lowest BCUT2D eigenvalue weighted by molar-refractivity contribution is 0.0650. The number of sulfonamides is 1. The minimum absolute atomic E-state index is 0.0554. The molecule has 1 saturated heterocycles. The van der Waals surface area contributed by atoms with E-state index in [1.165, 1.54) is 21.3 Å². The third kappa shape index (κ3) is 3.61. The number of carboxylic acid groups (broad SMARTS) is 1. The summed E-state index contributed by atoms with van der Waals surface area (Å²) < 4.78 is 29.3. The van der Waals surface area contributed by atoms with Gasteiger partial charge in [0.05, 0.1) is 6.26 Å². The summed E-state index contributed by atoms with van der Waals surface area (Å²) in [5.41, 5.74) is 0. The Morgan fingerprint density at radius 2 is 1.81 bits per heavy atom. The summed E-state index contributed by atoms with van der Waals surface area (Å²) in [5.74, 6) is -2.03. The zero-order valence-electron chi connectivity index (χ0n) is 11.5. The van der Waals surface area contributed by atoms with Crippen molar-refractivity contribution in [1.82, 2.24) is 9.21 Å². The Labute approximate surface area is 122 Å². The number of hydrogen-bond donors (Lipinski definition) is 1. The zero-order valence-corrected chi connectivity index (χ0v) is 12.3. The molecule has 116 valence electrons. The van der Waals surface area contributed by atoms with Crippen molar-refractivity contribution in [3.63, 3.8) is 0 Å². The highest BCUT2D eigenvalue weighted by atomic mass is 32.2. The van der Waals surface area contributed by atoms with Crippen LogP contribution in [0.3, 0.4) is 0 Å². The molecule has 1 aromatic heterocycles. The number of aromatic carboxylic acids is 1. The van der Waals surface area contributed by atoms with Crippen LogP contribution in [-0.4, -0.2) is 67.0 Å². The van der Waals surface area contributed by atoms with E-state index in [4.69, 9.17) is 9.52 Å². The lowest BCUT2D eigenvalue weighted by Gasteiger charge is -2.19. The average molecular weight is 316 g/mol. The van der Waals surface area contributed by atoms with Crippen molar-refractivity contribution >= 4 is 21.9 Å². The Bertz CT molecular complexity index is 650. The van der Waals surface area contributed by atoms with Crippen LogP contribution in [0.5, 0.6) is 0 Å². The number of hydrogen-bond acceptors (Lipinski definition) is 5. The molecule has 1 aliphatic heterocycles. The van der Waals surface area contributed by atoms with Crippen LogP contribution in [-0.2, 0) is 10.0 Å². The van der Waals surface area contributed by atoms with Gasteiger partial charge in [-0.05, 0) is 18.6 Å². The molecule has 0 saturated carbocycles. The van der Waals surface area contributed by atoms with Crippen molar-refractivity contribution in [3.05, 3.63) is 23.7 Å². The maximum Gasteiger partial charge on any atom is 0.371 e. The van der Waals surface area contributed by atoms with Crippen molar-refractivity contribution in [3.8, 4) is 0 Å². The van der Waals surface area contributed by atoms with Gasteiger partial charge >= 0.3 is 5.97 Å². The van der Waals surface area contributed by atoms with Gasteiger partial charge in [0.15, 0.2) is 5.76 Å². The number of nitrogens with zero attached hydrogens (tertiary/aromatic N) is 2. The minimum Gasteiger partial charge on any atom is -0.475 e. The second-order valence-corrected chi connectivity index (χ2v) is 6.76. The smallest absolute Gasteiger partial charge is 0.371 e. The van der Waals surface area contributed by atoms with E-state index in [0.29, 0.717) is 19.5 Å². The van der Waals surface area contributed by atoms with E-state index in [-0.39, 0.29) is 24.6 Å². The fourth-order valence-electron chi connectivity index (χ4n) is 2.15. The van der Waals surface area contributed by atoms with E-state index < -0.39 is 21.9 Å². The van der Waals surface area contributed by atoms with Crippen LogP contribution in [0.25, 0.3) is 0 Å². The molecule has 1 amide bonds. The topological polar surface area (TPSA) is 108 Å².